The van der Waals surface area contributed by atoms with Gasteiger partial charge in [-0.2, -0.15) is 0 Å². The Morgan fingerprint density at radius 2 is 2.04 bits per heavy atom. The normalized spacial score (nSPS) is 14.1. The summed E-state index contributed by atoms with van der Waals surface area (Å²) in [5.41, 5.74) is 4.70. The van der Waals surface area contributed by atoms with Crippen LogP contribution >= 0.6 is 15.9 Å². The molecule has 0 fully saturated rings. The van der Waals surface area contributed by atoms with Crippen LogP contribution in [0.4, 0.5) is 0 Å². The Morgan fingerprint density at radius 3 is 2.83 bits per heavy atom. The minimum absolute atomic E-state index is 0.786. The van der Waals surface area contributed by atoms with E-state index in [2.05, 4.69) is 59.3 Å². The highest BCUT2D eigenvalue weighted by Gasteiger charge is 2.17. The van der Waals surface area contributed by atoms with Crippen LogP contribution in [0.5, 0.6) is 5.75 Å². The van der Waals surface area contributed by atoms with E-state index in [1.807, 2.05) is 18.2 Å². The van der Waals surface area contributed by atoms with Gasteiger partial charge in [0.1, 0.15) is 5.75 Å². The molecule has 0 amide bonds. The highest BCUT2D eigenvalue weighted by Crippen LogP contribution is 2.27. The second-order valence-corrected chi connectivity index (χ2v) is 6.76. The lowest BCUT2D eigenvalue weighted by atomic mass is 9.96. The van der Waals surface area contributed by atoms with E-state index >= 15 is 0 Å². The van der Waals surface area contributed by atoms with Gasteiger partial charge in [-0.1, -0.05) is 43.7 Å². The van der Waals surface area contributed by atoms with Gasteiger partial charge in [-0.05, 0) is 64.2 Å². The fourth-order valence-corrected chi connectivity index (χ4v) is 3.38. The molecule has 0 N–H and O–H groups in total. The number of ether oxygens (including phenoxy) is 1. The highest BCUT2D eigenvalue weighted by atomic mass is 79.9. The standard InChI is InChI=1S/C21H22BrNO/c1-2-3-13-24-18-9-10-19-17(15-18)11-12-23-21(19)20(22)14-16-7-5-4-6-8-16/h4-10,14-15H,2-3,11-13H2,1H3/b20-14-. The van der Waals surface area contributed by atoms with Crippen molar-refractivity contribution in [3.8, 4) is 5.75 Å². The molecule has 3 heteroatoms. The Labute approximate surface area is 152 Å². The number of rotatable bonds is 6. The fraction of sp³-hybridized carbons (Fsp3) is 0.286. The zero-order chi connectivity index (χ0) is 16.8. The third kappa shape index (κ3) is 4.15. The summed E-state index contributed by atoms with van der Waals surface area (Å²) in [6, 6.07) is 16.7. The van der Waals surface area contributed by atoms with Crippen molar-refractivity contribution in [1.82, 2.24) is 0 Å². The third-order valence-corrected chi connectivity index (χ3v) is 4.67. The minimum Gasteiger partial charge on any atom is -0.494 e. The SMILES string of the molecule is CCCCOc1ccc2c(c1)CCN=C2/C(Br)=C/c1ccccc1. The van der Waals surface area contributed by atoms with Crippen molar-refractivity contribution in [2.75, 3.05) is 13.2 Å². The molecular weight excluding hydrogens is 362 g/mol. The van der Waals surface area contributed by atoms with Gasteiger partial charge < -0.3 is 4.74 Å². The van der Waals surface area contributed by atoms with E-state index in [0.29, 0.717) is 0 Å². The van der Waals surface area contributed by atoms with Crippen molar-refractivity contribution >= 4 is 27.7 Å². The molecule has 2 nitrogen and oxygen atoms in total. The van der Waals surface area contributed by atoms with Gasteiger partial charge in [-0.15, -0.1) is 0 Å². The molecule has 0 spiro atoms. The summed E-state index contributed by atoms with van der Waals surface area (Å²) in [5.74, 6) is 0.964. The van der Waals surface area contributed by atoms with Gasteiger partial charge in [0.05, 0.1) is 12.3 Å². The first-order valence-electron chi connectivity index (χ1n) is 8.51. The van der Waals surface area contributed by atoms with Gasteiger partial charge in [-0.3, -0.25) is 4.99 Å². The van der Waals surface area contributed by atoms with Crippen LogP contribution in [0.3, 0.4) is 0 Å². The van der Waals surface area contributed by atoms with Crippen LogP contribution in [0.1, 0.15) is 36.5 Å². The number of fused-ring (bicyclic) bond motifs is 1. The van der Waals surface area contributed by atoms with E-state index in [4.69, 9.17) is 9.73 Å². The van der Waals surface area contributed by atoms with Crippen LogP contribution in [-0.2, 0) is 6.42 Å². The van der Waals surface area contributed by atoms with Crippen LogP contribution in [0.15, 0.2) is 58.0 Å². The minimum atomic E-state index is 0.786. The van der Waals surface area contributed by atoms with E-state index < -0.39 is 0 Å². The van der Waals surface area contributed by atoms with Crippen molar-refractivity contribution in [2.24, 2.45) is 4.99 Å². The van der Waals surface area contributed by atoms with Crippen molar-refractivity contribution in [2.45, 2.75) is 26.2 Å². The monoisotopic (exact) mass is 383 g/mol. The molecule has 1 aliphatic heterocycles. The maximum absolute atomic E-state index is 5.84. The lowest BCUT2D eigenvalue weighted by Crippen LogP contribution is -2.13. The van der Waals surface area contributed by atoms with Crippen molar-refractivity contribution in [3.63, 3.8) is 0 Å². The van der Waals surface area contributed by atoms with E-state index in [1.165, 1.54) is 16.7 Å². The zero-order valence-corrected chi connectivity index (χ0v) is 15.6. The molecule has 0 aromatic heterocycles. The molecule has 24 heavy (non-hydrogen) atoms. The number of unbranched alkanes of at least 4 members (excludes halogenated alkanes) is 1. The van der Waals surface area contributed by atoms with Gasteiger partial charge in [0.2, 0.25) is 0 Å². The van der Waals surface area contributed by atoms with Crippen molar-refractivity contribution in [3.05, 3.63) is 69.7 Å². The number of nitrogens with zero attached hydrogens (tertiary/aromatic N) is 1. The van der Waals surface area contributed by atoms with E-state index in [9.17, 15) is 0 Å². The van der Waals surface area contributed by atoms with Crippen LogP contribution < -0.4 is 4.74 Å². The Kier molecular flexibility index (Phi) is 5.86. The Bertz CT molecular complexity index is 750. The largest absolute Gasteiger partial charge is 0.494 e. The molecule has 0 bridgehead atoms. The first kappa shape index (κ1) is 17.0. The maximum atomic E-state index is 5.84. The summed E-state index contributed by atoms with van der Waals surface area (Å²) in [6.45, 7) is 3.78. The predicted molar refractivity (Wildman–Crippen MR) is 105 cm³/mol. The summed E-state index contributed by atoms with van der Waals surface area (Å²) in [4.78, 5) is 4.73. The number of allylic oxidation sites excluding steroid dienone is 1. The molecule has 0 radical (unpaired) electrons. The Morgan fingerprint density at radius 1 is 1.21 bits per heavy atom. The smallest absolute Gasteiger partial charge is 0.119 e. The first-order chi connectivity index (χ1) is 11.8. The molecular formula is C21H22BrNO. The molecule has 0 unspecified atom stereocenters. The average Bonchev–Trinajstić information content (AvgIpc) is 2.62. The maximum Gasteiger partial charge on any atom is 0.119 e. The second-order valence-electron chi connectivity index (χ2n) is 5.90. The fourth-order valence-electron chi connectivity index (χ4n) is 2.77. The van der Waals surface area contributed by atoms with Crippen LogP contribution in [0.2, 0.25) is 0 Å². The molecule has 124 valence electrons. The Hall–Kier alpha value is -1.87. The Balaban J connectivity index is 1.83. The second kappa shape index (κ2) is 8.29. The summed E-state index contributed by atoms with van der Waals surface area (Å²) in [7, 11) is 0. The number of hydrogen-bond acceptors (Lipinski definition) is 2. The highest BCUT2D eigenvalue weighted by molar-refractivity contribution is 9.12. The van der Waals surface area contributed by atoms with Gasteiger partial charge in [0.25, 0.3) is 0 Å². The molecule has 0 saturated carbocycles. The van der Waals surface area contributed by atoms with Gasteiger partial charge in [-0.25, -0.2) is 0 Å². The van der Waals surface area contributed by atoms with Crippen LogP contribution in [0, 0.1) is 0 Å². The molecule has 0 saturated heterocycles. The molecule has 0 atom stereocenters. The van der Waals surface area contributed by atoms with E-state index in [0.717, 1.165) is 48.4 Å². The third-order valence-electron chi connectivity index (χ3n) is 4.07. The molecule has 0 aliphatic carbocycles. The van der Waals surface area contributed by atoms with Crippen LogP contribution in [-0.4, -0.2) is 18.9 Å². The van der Waals surface area contributed by atoms with Crippen LogP contribution in [0.25, 0.3) is 6.08 Å². The molecule has 3 rings (SSSR count). The topological polar surface area (TPSA) is 21.6 Å². The zero-order valence-electron chi connectivity index (χ0n) is 14.0. The number of aliphatic imine (C=N–C) groups is 1. The lowest BCUT2D eigenvalue weighted by Gasteiger charge is -2.18. The van der Waals surface area contributed by atoms with Crippen molar-refractivity contribution < 1.29 is 4.74 Å². The van der Waals surface area contributed by atoms with Gasteiger partial charge >= 0.3 is 0 Å². The number of benzene rings is 2. The van der Waals surface area contributed by atoms with Gasteiger partial charge in [0, 0.05) is 16.6 Å². The number of halogens is 1. The average molecular weight is 384 g/mol. The summed E-state index contributed by atoms with van der Waals surface area (Å²) < 4.78 is 6.86. The first-order valence-corrected chi connectivity index (χ1v) is 9.30. The quantitative estimate of drug-likeness (QED) is 0.590. The molecule has 1 aliphatic rings. The van der Waals surface area contributed by atoms with E-state index in [-0.39, 0.29) is 0 Å². The summed E-state index contributed by atoms with van der Waals surface area (Å²) in [6.07, 6.45) is 5.34. The molecule has 1 heterocycles. The molecule has 2 aromatic carbocycles. The predicted octanol–water partition coefficient (Wildman–Crippen LogP) is 5.65. The summed E-state index contributed by atoms with van der Waals surface area (Å²) in [5, 5.41) is 0. The number of hydrogen-bond donors (Lipinski definition) is 0. The summed E-state index contributed by atoms with van der Waals surface area (Å²) >= 11 is 3.71. The van der Waals surface area contributed by atoms with E-state index in [1.54, 1.807) is 0 Å². The molecule has 2 aromatic rings. The lowest BCUT2D eigenvalue weighted by molar-refractivity contribution is 0.309. The van der Waals surface area contributed by atoms with Gasteiger partial charge in [0.15, 0.2) is 0 Å². The van der Waals surface area contributed by atoms with Crippen molar-refractivity contribution in [1.29, 1.82) is 0 Å².